The molecule has 0 aromatic carbocycles. The number of nitrogens with zero attached hydrogens (tertiary/aromatic N) is 2. The molecule has 0 amide bonds. The van der Waals surface area contributed by atoms with E-state index in [9.17, 15) is 0 Å². The molecule has 0 bridgehead atoms. The minimum atomic E-state index is 0.424. The van der Waals surface area contributed by atoms with Crippen LogP contribution in [0.4, 0.5) is 5.82 Å². The zero-order valence-electron chi connectivity index (χ0n) is 12.3. The van der Waals surface area contributed by atoms with Crippen molar-refractivity contribution < 1.29 is 0 Å². The predicted octanol–water partition coefficient (Wildman–Crippen LogP) is 4.67. The summed E-state index contributed by atoms with van der Waals surface area (Å²) < 4.78 is 0.996. The van der Waals surface area contributed by atoms with E-state index in [1.54, 1.807) is 0 Å². The Kier molecular flexibility index (Phi) is 6.49. The Hall–Kier alpha value is 0.0600. The van der Waals surface area contributed by atoms with Gasteiger partial charge in [0.05, 0.1) is 15.4 Å². The molecule has 1 saturated heterocycles. The Morgan fingerprint density at radius 2 is 2.00 bits per heavy atom. The summed E-state index contributed by atoms with van der Waals surface area (Å²) in [6.07, 6.45) is 2.27. The van der Waals surface area contributed by atoms with E-state index < -0.39 is 0 Å². The minimum absolute atomic E-state index is 0.424. The maximum absolute atomic E-state index is 4.79. The fourth-order valence-corrected chi connectivity index (χ4v) is 5.52. The number of rotatable bonds is 5. The highest BCUT2D eigenvalue weighted by Crippen LogP contribution is 2.43. The number of nitrogens with one attached hydrogen (secondary N) is 1. The van der Waals surface area contributed by atoms with Crippen LogP contribution in [-0.2, 0) is 0 Å². The standard InChI is InChI=1S/C14H22BrN3S2/c1-4-6-16-13-11(15)9(3)17-14(18-13)12-10(5-2)19-7-8-20-12/h10,12H,4-8H2,1-3H3,(H,16,17,18). The van der Waals surface area contributed by atoms with Gasteiger partial charge in [-0.2, -0.15) is 11.8 Å². The molecule has 6 heteroatoms. The average molecular weight is 376 g/mol. The van der Waals surface area contributed by atoms with Crippen LogP contribution < -0.4 is 5.32 Å². The lowest BCUT2D eigenvalue weighted by atomic mass is 10.2. The van der Waals surface area contributed by atoms with Crippen LogP contribution in [0.25, 0.3) is 0 Å². The van der Waals surface area contributed by atoms with Crippen molar-refractivity contribution in [1.29, 1.82) is 0 Å². The second kappa shape index (κ2) is 7.90. The smallest absolute Gasteiger partial charge is 0.145 e. The molecule has 2 atom stereocenters. The molecule has 2 rings (SSSR count). The third kappa shape index (κ3) is 3.83. The van der Waals surface area contributed by atoms with E-state index in [0.717, 1.165) is 34.8 Å². The van der Waals surface area contributed by atoms with Crippen LogP contribution in [0.15, 0.2) is 4.47 Å². The first-order chi connectivity index (χ1) is 9.67. The quantitative estimate of drug-likeness (QED) is 0.808. The third-order valence-corrected chi connectivity index (χ3v) is 7.48. The van der Waals surface area contributed by atoms with Crippen LogP contribution in [0, 0.1) is 6.92 Å². The lowest BCUT2D eigenvalue weighted by Gasteiger charge is -2.29. The molecule has 112 valence electrons. The van der Waals surface area contributed by atoms with Gasteiger partial charge in [-0.15, -0.1) is 11.8 Å². The van der Waals surface area contributed by atoms with Crippen molar-refractivity contribution in [3.63, 3.8) is 0 Å². The number of hydrogen-bond donors (Lipinski definition) is 1. The highest BCUT2D eigenvalue weighted by atomic mass is 79.9. The number of aromatic nitrogens is 2. The van der Waals surface area contributed by atoms with Gasteiger partial charge in [0.2, 0.25) is 0 Å². The molecule has 2 heterocycles. The maximum atomic E-state index is 4.79. The van der Waals surface area contributed by atoms with E-state index in [2.05, 4.69) is 46.9 Å². The third-order valence-electron chi connectivity index (χ3n) is 3.28. The monoisotopic (exact) mass is 375 g/mol. The second-order valence-corrected chi connectivity index (χ2v) is 8.25. The van der Waals surface area contributed by atoms with Gasteiger partial charge >= 0.3 is 0 Å². The highest BCUT2D eigenvalue weighted by Gasteiger charge is 2.29. The largest absolute Gasteiger partial charge is 0.369 e. The van der Waals surface area contributed by atoms with E-state index in [4.69, 9.17) is 9.97 Å². The van der Waals surface area contributed by atoms with Crippen molar-refractivity contribution in [3.05, 3.63) is 16.0 Å². The summed E-state index contributed by atoms with van der Waals surface area (Å²) in [6.45, 7) is 7.42. The van der Waals surface area contributed by atoms with Crippen molar-refractivity contribution in [1.82, 2.24) is 9.97 Å². The van der Waals surface area contributed by atoms with Crippen molar-refractivity contribution in [3.8, 4) is 0 Å². The number of hydrogen-bond acceptors (Lipinski definition) is 5. The number of aryl methyl sites for hydroxylation is 1. The predicted molar refractivity (Wildman–Crippen MR) is 95.0 cm³/mol. The zero-order chi connectivity index (χ0) is 14.5. The molecule has 0 saturated carbocycles. The molecule has 3 nitrogen and oxygen atoms in total. The Labute approximate surface area is 138 Å². The first-order valence-electron chi connectivity index (χ1n) is 7.18. The molecule has 1 aliphatic heterocycles. The highest BCUT2D eigenvalue weighted by molar-refractivity contribution is 9.10. The molecule has 1 N–H and O–H groups in total. The molecule has 1 aromatic rings. The number of anilines is 1. The molecule has 1 aromatic heterocycles. The summed E-state index contributed by atoms with van der Waals surface area (Å²) in [6, 6.07) is 0. The minimum Gasteiger partial charge on any atom is -0.369 e. The Morgan fingerprint density at radius 3 is 2.70 bits per heavy atom. The summed E-state index contributed by atoms with van der Waals surface area (Å²) in [5.74, 6) is 4.38. The summed E-state index contributed by atoms with van der Waals surface area (Å²) >= 11 is 7.68. The lowest BCUT2D eigenvalue weighted by molar-refractivity contribution is 0.743. The molecule has 0 aliphatic carbocycles. The van der Waals surface area contributed by atoms with Gasteiger partial charge in [0.25, 0.3) is 0 Å². The van der Waals surface area contributed by atoms with Crippen LogP contribution >= 0.6 is 39.5 Å². The van der Waals surface area contributed by atoms with Gasteiger partial charge in [-0.05, 0) is 35.7 Å². The van der Waals surface area contributed by atoms with E-state index >= 15 is 0 Å². The second-order valence-electron chi connectivity index (χ2n) is 4.87. The molecule has 0 spiro atoms. The lowest BCUT2D eigenvalue weighted by Crippen LogP contribution is -2.21. The normalized spacial score (nSPS) is 22.8. The van der Waals surface area contributed by atoms with Gasteiger partial charge in [-0.3, -0.25) is 0 Å². The molecular formula is C14H22BrN3S2. The number of halogens is 1. The fraction of sp³-hybridized carbons (Fsp3) is 0.714. The molecular weight excluding hydrogens is 354 g/mol. The van der Waals surface area contributed by atoms with Gasteiger partial charge in [-0.25, -0.2) is 9.97 Å². The Morgan fingerprint density at radius 1 is 1.25 bits per heavy atom. The van der Waals surface area contributed by atoms with E-state index in [1.165, 1.54) is 17.9 Å². The molecule has 1 aliphatic rings. The summed E-state index contributed by atoms with van der Waals surface area (Å²) in [7, 11) is 0. The zero-order valence-corrected chi connectivity index (χ0v) is 15.5. The van der Waals surface area contributed by atoms with Crippen molar-refractivity contribution in [2.24, 2.45) is 0 Å². The van der Waals surface area contributed by atoms with Gasteiger partial charge in [-0.1, -0.05) is 13.8 Å². The first kappa shape index (κ1) is 16.4. The summed E-state index contributed by atoms with van der Waals surface area (Å²) in [4.78, 5) is 9.52. The van der Waals surface area contributed by atoms with Gasteiger partial charge in [0.1, 0.15) is 11.6 Å². The van der Waals surface area contributed by atoms with Gasteiger partial charge in [0, 0.05) is 23.3 Å². The van der Waals surface area contributed by atoms with Crippen LogP contribution in [0.2, 0.25) is 0 Å². The first-order valence-corrected chi connectivity index (χ1v) is 10.1. The van der Waals surface area contributed by atoms with E-state index in [0.29, 0.717) is 10.5 Å². The van der Waals surface area contributed by atoms with Gasteiger partial charge in [0.15, 0.2) is 0 Å². The average Bonchev–Trinajstić information content (AvgIpc) is 2.48. The van der Waals surface area contributed by atoms with Crippen molar-refractivity contribution in [2.75, 3.05) is 23.4 Å². The topological polar surface area (TPSA) is 37.8 Å². The van der Waals surface area contributed by atoms with Gasteiger partial charge < -0.3 is 5.32 Å². The summed E-state index contributed by atoms with van der Waals surface area (Å²) in [5, 5.41) is 4.46. The fourth-order valence-electron chi connectivity index (χ4n) is 2.21. The van der Waals surface area contributed by atoms with E-state index in [-0.39, 0.29) is 0 Å². The SMILES string of the molecule is CCCNc1nc(C2SCCSC2CC)nc(C)c1Br. The van der Waals surface area contributed by atoms with E-state index in [1.807, 2.05) is 18.7 Å². The van der Waals surface area contributed by atoms with Crippen LogP contribution in [0.3, 0.4) is 0 Å². The molecule has 0 radical (unpaired) electrons. The molecule has 1 fully saturated rings. The van der Waals surface area contributed by atoms with Crippen molar-refractivity contribution in [2.45, 2.75) is 44.1 Å². The molecule has 2 unspecified atom stereocenters. The number of thioether (sulfide) groups is 2. The van der Waals surface area contributed by atoms with Crippen LogP contribution in [0.1, 0.15) is 43.5 Å². The van der Waals surface area contributed by atoms with Crippen LogP contribution in [0.5, 0.6) is 0 Å². The Balaban J connectivity index is 2.28. The molecule has 20 heavy (non-hydrogen) atoms. The van der Waals surface area contributed by atoms with Crippen LogP contribution in [-0.4, -0.2) is 33.3 Å². The maximum Gasteiger partial charge on any atom is 0.145 e. The Bertz CT molecular complexity index is 456. The summed E-state index contributed by atoms with van der Waals surface area (Å²) in [5.41, 5.74) is 1.03. The van der Waals surface area contributed by atoms with Crippen molar-refractivity contribution >= 4 is 45.3 Å².